The number of thioether (sulfide) groups is 1. The van der Waals surface area contributed by atoms with Gasteiger partial charge in [-0.3, -0.25) is 9.59 Å². The van der Waals surface area contributed by atoms with Gasteiger partial charge in [-0.25, -0.2) is 14.6 Å². The SMILES string of the molecule is CC(Sc1cccc(NC(=O)c2ccc(C(=O)O)cc2C(=O)O)c1)C(=O)Nc1nccs1. The molecule has 9 nitrogen and oxygen atoms in total. The summed E-state index contributed by atoms with van der Waals surface area (Å²) >= 11 is 2.59. The molecule has 2 aromatic carbocycles. The minimum Gasteiger partial charge on any atom is -0.478 e. The zero-order valence-corrected chi connectivity index (χ0v) is 18.2. The van der Waals surface area contributed by atoms with Crippen LogP contribution < -0.4 is 10.6 Å². The topological polar surface area (TPSA) is 146 Å². The van der Waals surface area contributed by atoms with Crippen molar-refractivity contribution >= 4 is 57.7 Å². The Labute approximate surface area is 190 Å². The Morgan fingerprint density at radius 2 is 1.78 bits per heavy atom. The molecular weight excluding hydrogens is 454 g/mol. The summed E-state index contributed by atoms with van der Waals surface area (Å²) in [6.45, 7) is 1.74. The standard InChI is InChI=1S/C21H17N3O6S2/c1-11(17(25)24-21-22-7-8-31-21)32-14-4-2-3-13(10-14)23-18(26)15-6-5-12(19(27)28)9-16(15)20(29)30/h2-11H,1H3,(H,23,26)(H,27,28)(H,29,30)(H,22,24,25). The summed E-state index contributed by atoms with van der Waals surface area (Å²) in [7, 11) is 0. The van der Waals surface area contributed by atoms with Crippen LogP contribution in [-0.2, 0) is 4.79 Å². The number of aromatic nitrogens is 1. The lowest BCUT2D eigenvalue weighted by Gasteiger charge is -2.12. The minimum atomic E-state index is -1.41. The number of benzene rings is 2. The van der Waals surface area contributed by atoms with Gasteiger partial charge in [0.1, 0.15) is 0 Å². The van der Waals surface area contributed by atoms with Gasteiger partial charge < -0.3 is 20.8 Å². The monoisotopic (exact) mass is 471 g/mol. The summed E-state index contributed by atoms with van der Waals surface area (Å²) in [6.07, 6.45) is 1.59. The number of aromatic carboxylic acids is 2. The van der Waals surface area contributed by atoms with E-state index in [0.29, 0.717) is 15.7 Å². The molecule has 0 fully saturated rings. The van der Waals surface area contributed by atoms with Crippen LogP contribution in [0.5, 0.6) is 0 Å². The zero-order chi connectivity index (χ0) is 23.3. The lowest BCUT2D eigenvalue weighted by molar-refractivity contribution is -0.115. The normalized spacial score (nSPS) is 11.4. The fourth-order valence-corrected chi connectivity index (χ4v) is 4.11. The van der Waals surface area contributed by atoms with Crippen molar-refractivity contribution in [2.75, 3.05) is 10.6 Å². The Kier molecular flexibility index (Phi) is 7.23. The number of rotatable bonds is 8. The highest BCUT2D eigenvalue weighted by Gasteiger charge is 2.20. The number of amides is 2. The molecule has 0 aliphatic rings. The van der Waals surface area contributed by atoms with Crippen molar-refractivity contribution in [3.63, 3.8) is 0 Å². The van der Waals surface area contributed by atoms with Crippen molar-refractivity contribution in [3.05, 3.63) is 70.7 Å². The number of anilines is 2. The summed E-state index contributed by atoms with van der Waals surface area (Å²) in [6, 6.07) is 10.0. The Morgan fingerprint density at radius 1 is 1.00 bits per heavy atom. The Bertz CT molecular complexity index is 1180. The van der Waals surface area contributed by atoms with Crippen molar-refractivity contribution in [3.8, 4) is 0 Å². The highest BCUT2D eigenvalue weighted by molar-refractivity contribution is 8.00. The maximum atomic E-state index is 12.6. The average molecular weight is 472 g/mol. The summed E-state index contributed by atoms with van der Waals surface area (Å²) in [5.74, 6) is -3.63. The molecule has 3 rings (SSSR count). The number of hydrogen-bond donors (Lipinski definition) is 4. The van der Waals surface area contributed by atoms with Crippen LogP contribution in [0.1, 0.15) is 38.0 Å². The van der Waals surface area contributed by atoms with E-state index in [1.54, 1.807) is 42.8 Å². The average Bonchev–Trinajstić information content (AvgIpc) is 3.26. The molecule has 1 unspecified atom stereocenters. The first-order valence-corrected chi connectivity index (χ1v) is 10.9. The molecule has 0 radical (unpaired) electrons. The van der Waals surface area contributed by atoms with E-state index in [-0.39, 0.29) is 17.0 Å². The first-order chi connectivity index (χ1) is 15.2. The molecule has 0 saturated carbocycles. The second-order valence-electron chi connectivity index (χ2n) is 6.44. The van der Waals surface area contributed by atoms with E-state index in [1.807, 2.05) is 0 Å². The molecule has 0 saturated heterocycles. The number of nitrogens with zero attached hydrogens (tertiary/aromatic N) is 1. The lowest BCUT2D eigenvalue weighted by atomic mass is 10.0. The maximum Gasteiger partial charge on any atom is 0.336 e. The zero-order valence-electron chi connectivity index (χ0n) is 16.6. The number of carbonyl (C=O) groups is 4. The third-order valence-electron chi connectivity index (χ3n) is 4.18. The second kappa shape index (κ2) is 10.1. The molecule has 0 spiro atoms. The highest BCUT2D eigenvalue weighted by Crippen LogP contribution is 2.27. The molecule has 0 bridgehead atoms. The summed E-state index contributed by atoms with van der Waals surface area (Å²) in [5.41, 5.74) is -0.425. The van der Waals surface area contributed by atoms with Gasteiger partial charge in [0.15, 0.2) is 5.13 Å². The molecule has 164 valence electrons. The van der Waals surface area contributed by atoms with Crippen LogP contribution in [-0.4, -0.2) is 44.2 Å². The van der Waals surface area contributed by atoms with Gasteiger partial charge in [0.25, 0.3) is 5.91 Å². The number of thiazole rings is 1. The lowest BCUT2D eigenvalue weighted by Crippen LogP contribution is -2.22. The van der Waals surface area contributed by atoms with E-state index >= 15 is 0 Å². The van der Waals surface area contributed by atoms with Crippen LogP contribution in [0.15, 0.2) is 58.9 Å². The molecule has 4 N–H and O–H groups in total. The predicted octanol–water partition coefficient (Wildman–Crippen LogP) is 3.91. The third-order valence-corrected chi connectivity index (χ3v) is 5.96. The van der Waals surface area contributed by atoms with Crippen molar-refractivity contribution < 1.29 is 29.4 Å². The fraction of sp³-hybridized carbons (Fsp3) is 0.0952. The van der Waals surface area contributed by atoms with Gasteiger partial charge in [0.05, 0.1) is 21.9 Å². The molecule has 0 aliphatic heterocycles. The summed E-state index contributed by atoms with van der Waals surface area (Å²) in [5, 5.41) is 25.5. The van der Waals surface area contributed by atoms with Crippen LogP contribution in [0.4, 0.5) is 10.8 Å². The summed E-state index contributed by atoms with van der Waals surface area (Å²) < 4.78 is 0. The molecule has 3 aromatic rings. The van der Waals surface area contributed by atoms with E-state index in [1.165, 1.54) is 29.2 Å². The second-order valence-corrected chi connectivity index (χ2v) is 8.75. The number of carbonyl (C=O) groups excluding carboxylic acids is 2. The van der Waals surface area contributed by atoms with Crippen LogP contribution in [0.25, 0.3) is 0 Å². The van der Waals surface area contributed by atoms with Crippen molar-refractivity contribution in [2.24, 2.45) is 0 Å². The van der Waals surface area contributed by atoms with Crippen LogP contribution in [0, 0.1) is 0 Å². The van der Waals surface area contributed by atoms with E-state index in [0.717, 1.165) is 12.1 Å². The van der Waals surface area contributed by atoms with E-state index in [9.17, 15) is 24.3 Å². The quantitative estimate of drug-likeness (QED) is 0.362. The third kappa shape index (κ3) is 5.71. The van der Waals surface area contributed by atoms with Crippen LogP contribution >= 0.6 is 23.1 Å². The van der Waals surface area contributed by atoms with Gasteiger partial charge in [0, 0.05) is 22.2 Å². The molecule has 1 aromatic heterocycles. The molecule has 32 heavy (non-hydrogen) atoms. The van der Waals surface area contributed by atoms with E-state index in [4.69, 9.17) is 5.11 Å². The van der Waals surface area contributed by atoms with Crippen LogP contribution in [0.2, 0.25) is 0 Å². The first kappa shape index (κ1) is 23.0. The minimum absolute atomic E-state index is 0.170. The fourth-order valence-electron chi connectivity index (χ4n) is 2.65. The number of carboxylic acids is 2. The predicted molar refractivity (Wildman–Crippen MR) is 121 cm³/mol. The van der Waals surface area contributed by atoms with Gasteiger partial charge in [0.2, 0.25) is 5.91 Å². The number of hydrogen-bond acceptors (Lipinski definition) is 7. The maximum absolute atomic E-state index is 12.6. The van der Waals surface area contributed by atoms with Crippen LogP contribution in [0.3, 0.4) is 0 Å². The van der Waals surface area contributed by atoms with Crippen molar-refractivity contribution in [2.45, 2.75) is 17.1 Å². The van der Waals surface area contributed by atoms with E-state index < -0.39 is 28.7 Å². The van der Waals surface area contributed by atoms with Gasteiger partial charge in [-0.2, -0.15) is 0 Å². The first-order valence-electron chi connectivity index (χ1n) is 9.13. The van der Waals surface area contributed by atoms with E-state index in [2.05, 4.69) is 15.6 Å². The van der Waals surface area contributed by atoms with Crippen molar-refractivity contribution in [1.82, 2.24) is 4.98 Å². The molecule has 2 amide bonds. The molecule has 11 heteroatoms. The van der Waals surface area contributed by atoms with Gasteiger partial charge in [-0.15, -0.1) is 23.1 Å². The molecule has 1 atom stereocenters. The Balaban J connectivity index is 1.72. The molecule has 0 aliphatic carbocycles. The smallest absolute Gasteiger partial charge is 0.336 e. The summed E-state index contributed by atoms with van der Waals surface area (Å²) in [4.78, 5) is 52.2. The van der Waals surface area contributed by atoms with Gasteiger partial charge in [-0.1, -0.05) is 6.07 Å². The molecule has 1 heterocycles. The highest BCUT2D eigenvalue weighted by atomic mass is 32.2. The van der Waals surface area contributed by atoms with Gasteiger partial charge >= 0.3 is 11.9 Å². The Morgan fingerprint density at radius 3 is 2.44 bits per heavy atom. The number of nitrogens with one attached hydrogen (secondary N) is 2. The van der Waals surface area contributed by atoms with Gasteiger partial charge in [-0.05, 0) is 43.3 Å². The number of carboxylic acid groups (broad SMARTS) is 2. The largest absolute Gasteiger partial charge is 0.478 e. The molecular formula is C21H17N3O6S2. The van der Waals surface area contributed by atoms with Crippen molar-refractivity contribution in [1.29, 1.82) is 0 Å². The Hall–Kier alpha value is -3.70.